The first kappa shape index (κ1) is 8.24. The third kappa shape index (κ3) is 1.59. The third-order valence-electron chi connectivity index (χ3n) is 1.80. The normalized spacial score (nSPS) is 29.5. The molecular formula is C8H13NO2. The standard InChI is InChI=1S/C8H13NO2/c1-4-7(10)8-5(2)11-6(3)9-8/h5,8H,4H2,1-3H3. The average molecular weight is 155 g/mol. The van der Waals surface area contributed by atoms with Gasteiger partial charge in [0.25, 0.3) is 0 Å². The molecule has 1 heterocycles. The van der Waals surface area contributed by atoms with Gasteiger partial charge in [-0.3, -0.25) is 4.79 Å². The van der Waals surface area contributed by atoms with E-state index in [1.807, 2.05) is 13.8 Å². The van der Waals surface area contributed by atoms with Gasteiger partial charge in [-0.05, 0) is 6.92 Å². The molecule has 1 aliphatic rings. The van der Waals surface area contributed by atoms with E-state index in [9.17, 15) is 4.79 Å². The van der Waals surface area contributed by atoms with Crippen LogP contribution in [0.1, 0.15) is 27.2 Å². The molecule has 3 heteroatoms. The van der Waals surface area contributed by atoms with Crippen LogP contribution in [0.2, 0.25) is 0 Å². The lowest BCUT2D eigenvalue weighted by Gasteiger charge is -2.09. The van der Waals surface area contributed by atoms with Crippen LogP contribution >= 0.6 is 0 Å². The van der Waals surface area contributed by atoms with Crippen molar-refractivity contribution in [1.29, 1.82) is 0 Å². The van der Waals surface area contributed by atoms with Gasteiger partial charge in [0.15, 0.2) is 11.7 Å². The lowest BCUT2D eigenvalue weighted by Crippen LogP contribution is -2.26. The molecule has 3 nitrogen and oxygen atoms in total. The highest BCUT2D eigenvalue weighted by Gasteiger charge is 2.29. The van der Waals surface area contributed by atoms with Gasteiger partial charge >= 0.3 is 0 Å². The number of carbonyl (C=O) groups is 1. The molecule has 0 saturated carbocycles. The lowest BCUT2D eigenvalue weighted by atomic mass is 10.1. The van der Waals surface area contributed by atoms with E-state index in [4.69, 9.17) is 4.74 Å². The second-order valence-corrected chi connectivity index (χ2v) is 2.74. The van der Waals surface area contributed by atoms with Gasteiger partial charge in [0.2, 0.25) is 0 Å². The maximum absolute atomic E-state index is 11.2. The van der Waals surface area contributed by atoms with E-state index >= 15 is 0 Å². The zero-order valence-electron chi connectivity index (χ0n) is 7.13. The molecule has 0 spiro atoms. The molecule has 0 saturated heterocycles. The number of hydrogen-bond acceptors (Lipinski definition) is 3. The number of nitrogens with zero attached hydrogens (tertiary/aromatic N) is 1. The summed E-state index contributed by atoms with van der Waals surface area (Å²) in [4.78, 5) is 15.3. The summed E-state index contributed by atoms with van der Waals surface area (Å²) in [7, 11) is 0. The minimum absolute atomic E-state index is 0.0672. The highest BCUT2D eigenvalue weighted by molar-refractivity contribution is 5.89. The first-order chi connectivity index (χ1) is 5.15. The number of rotatable bonds is 2. The van der Waals surface area contributed by atoms with Gasteiger partial charge in [-0.25, -0.2) is 4.99 Å². The summed E-state index contributed by atoms with van der Waals surface area (Å²) in [6.45, 7) is 5.50. The number of aliphatic imine (C=N–C) groups is 1. The SMILES string of the molecule is CCC(=O)C1N=C(C)OC1C. The second kappa shape index (κ2) is 3.03. The summed E-state index contributed by atoms with van der Waals surface area (Å²) in [6, 6.07) is -0.250. The number of carbonyl (C=O) groups excluding carboxylic acids is 1. The van der Waals surface area contributed by atoms with Crippen molar-refractivity contribution in [3.63, 3.8) is 0 Å². The molecule has 1 rings (SSSR count). The fraction of sp³-hybridized carbons (Fsp3) is 0.750. The molecule has 0 aliphatic carbocycles. The quantitative estimate of drug-likeness (QED) is 0.600. The van der Waals surface area contributed by atoms with Crippen LogP contribution in [0.5, 0.6) is 0 Å². The van der Waals surface area contributed by atoms with Crippen molar-refractivity contribution in [1.82, 2.24) is 0 Å². The number of ether oxygens (including phenoxy) is 1. The maximum atomic E-state index is 11.2. The van der Waals surface area contributed by atoms with E-state index in [1.54, 1.807) is 6.92 Å². The highest BCUT2D eigenvalue weighted by Crippen LogP contribution is 2.14. The van der Waals surface area contributed by atoms with Crippen LogP contribution < -0.4 is 0 Å². The Hall–Kier alpha value is -0.860. The van der Waals surface area contributed by atoms with E-state index < -0.39 is 0 Å². The van der Waals surface area contributed by atoms with Gasteiger partial charge in [-0.15, -0.1) is 0 Å². The summed E-state index contributed by atoms with van der Waals surface area (Å²) < 4.78 is 5.23. The maximum Gasteiger partial charge on any atom is 0.181 e. The lowest BCUT2D eigenvalue weighted by molar-refractivity contribution is -0.121. The Balaban J connectivity index is 2.65. The molecule has 2 atom stereocenters. The van der Waals surface area contributed by atoms with Crippen molar-refractivity contribution in [2.75, 3.05) is 0 Å². The largest absolute Gasteiger partial charge is 0.476 e. The molecule has 2 unspecified atom stereocenters. The van der Waals surface area contributed by atoms with Gasteiger partial charge in [0, 0.05) is 13.3 Å². The van der Waals surface area contributed by atoms with Gasteiger partial charge < -0.3 is 4.74 Å². The van der Waals surface area contributed by atoms with Crippen LogP contribution in [0.15, 0.2) is 4.99 Å². The average Bonchev–Trinajstić information content (AvgIpc) is 2.28. The van der Waals surface area contributed by atoms with Crippen LogP contribution in [0.25, 0.3) is 0 Å². The van der Waals surface area contributed by atoms with E-state index in [1.165, 1.54) is 0 Å². The Labute approximate surface area is 66.5 Å². The number of hydrogen-bond donors (Lipinski definition) is 0. The minimum Gasteiger partial charge on any atom is -0.476 e. The van der Waals surface area contributed by atoms with Crippen molar-refractivity contribution in [2.24, 2.45) is 4.99 Å². The van der Waals surface area contributed by atoms with Crippen molar-refractivity contribution in [3.8, 4) is 0 Å². The summed E-state index contributed by atoms with van der Waals surface area (Å²) >= 11 is 0. The molecule has 0 amide bonds. The Morgan fingerprint density at radius 2 is 2.36 bits per heavy atom. The Kier molecular flexibility index (Phi) is 2.27. The molecule has 0 N–H and O–H groups in total. The Morgan fingerprint density at radius 1 is 1.73 bits per heavy atom. The molecule has 0 radical (unpaired) electrons. The van der Waals surface area contributed by atoms with Crippen LogP contribution in [0.4, 0.5) is 0 Å². The Morgan fingerprint density at radius 3 is 2.73 bits per heavy atom. The van der Waals surface area contributed by atoms with Crippen molar-refractivity contribution in [3.05, 3.63) is 0 Å². The predicted octanol–water partition coefficient (Wildman–Crippen LogP) is 1.17. The first-order valence-corrected chi connectivity index (χ1v) is 3.89. The van der Waals surface area contributed by atoms with Crippen LogP contribution in [0.3, 0.4) is 0 Å². The monoisotopic (exact) mass is 155 g/mol. The van der Waals surface area contributed by atoms with Crippen LogP contribution in [0, 0.1) is 0 Å². The second-order valence-electron chi connectivity index (χ2n) is 2.74. The number of Topliss-reactive ketones (excluding diaryl/α,β-unsaturated/α-hetero) is 1. The predicted molar refractivity (Wildman–Crippen MR) is 42.7 cm³/mol. The van der Waals surface area contributed by atoms with Gasteiger partial charge in [0.05, 0.1) is 0 Å². The summed E-state index contributed by atoms with van der Waals surface area (Å²) in [5.74, 6) is 0.790. The first-order valence-electron chi connectivity index (χ1n) is 3.89. The van der Waals surface area contributed by atoms with Crippen LogP contribution in [-0.4, -0.2) is 23.8 Å². The molecule has 0 aromatic heterocycles. The fourth-order valence-electron chi connectivity index (χ4n) is 1.21. The minimum atomic E-state index is -0.250. The molecule has 62 valence electrons. The summed E-state index contributed by atoms with van der Waals surface area (Å²) in [5, 5.41) is 0. The number of ketones is 1. The molecule has 0 aromatic rings. The molecule has 11 heavy (non-hydrogen) atoms. The van der Waals surface area contributed by atoms with Crippen molar-refractivity contribution in [2.45, 2.75) is 39.3 Å². The molecule has 0 bridgehead atoms. The van der Waals surface area contributed by atoms with Gasteiger partial charge in [-0.2, -0.15) is 0 Å². The zero-order chi connectivity index (χ0) is 8.43. The van der Waals surface area contributed by atoms with E-state index in [0.717, 1.165) is 0 Å². The summed E-state index contributed by atoms with van der Waals surface area (Å²) in [5.41, 5.74) is 0. The van der Waals surface area contributed by atoms with E-state index in [-0.39, 0.29) is 17.9 Å². The molecular weight excluding hydrogens is 142 g/mol. The van der Waals surface area contributed by atoms with E-state index in [2.05, 4.69) is 4.99 Å². The summed E-state index contributed by atoms with van der Waals surface area (Å²) in [6.07, 6.45) is 0.470. The van der Waals surface area contributed by atoms with Gasteiger partial charge in [-0.1, -0.05) is 6.92 Å². The topological polar surface area (TPSA) is 38.7 Å². The van der Waals surface area contributed by atoms with Gasteiger partial charge in [0.1, 0.15) is 12.1 Å². The van der Waals surface area contributed by atoms with Crippen LogP contribution in [-0.2, 0) is 9.53 Å². The smallest absolute Gasteiger partial charge is 0.181 e. The molecule has 0 aromatic carbocycles. The zero-order valence-corrected chi connectivity index (χ0v) is 7.13. The Bertz CT molecular complexity index is 198. The highest BCUT2D eigenvalue weighted by atomic mass is 16.5. The van der Waals surface area contributed by atoms with Crippen molar-refractivity contribution >= 4 is 11.7 Å². The molecule has 1 aliphatic heterocycles. The van der Waals surface area contributed by atoms with E-state index in [0.29, 0.717) is 12.3 Å². The molecule has 0 fully saturated rings. The third-order valence-corrected chi connectivity index (χ3v) is 1.80. The fourth-order valence-corrected chi connectivity index (χ4v) is 1.21. The van der Waals surface area contributed by atoms with Crippen molar-refractivity contribution < 1.29 is 9.53 Å².